The van der Waals surface area contributed by atoms with E-state index < -0.39 is 6.04 Å². The third kappa shape index (κ3) is 6.19. The Morgan fingerprint density at radius 2 is 1.94 bits per heavy atom. The number of benzene rings is 2. The van der Waals surface area contributed by atoms with Crippen LogP contribution in [0.2, 0.25) is 0 Å². The first-order valence-electron chi connectivity index (χ1n) is 12.1. The molecule has 1 heterocycles. The van der Waals surface area contributed by atoms with Crippen molar-refractivity contribution in [1.29, 1.82) is 0 Å². The van der Waals surface area contributed by atoms with E-state index in [4.69, 9.17) is 12.2 Å². The SMILES string of the molecule is CC(C)C[C@H](NC(=O)c1ccc2ccccc2c1)C(=O)N[C@H]1CCN(CC2=CC=CCC2=S)C1. The van der Waals surface area contributed by atoms with Gasteiger partial charge >= 0.3 is 0 Å². The average Bonchev–Trinajstić information content (AvgIpc) is 3.26. The normalized spacial score (nSPS) is 19.3. The molecule has 0 aromatic heterocycles. The van der Waals surface area contributed by atoms with Crippen LogP contribution in [0.15, 0.2) is 66.3 Å². The largest absolute Gasteiger partial charge is 0.350 e. The monoisotopic (exact) mass is 475 g/mol. The van der Waals surface area contributed by atoms with E-state index in [1.54, 1.807) is 0 Å². The highest BCUT2D eigenvalue weighted by Crippen LogP contribution is 2.18. The number of likely N-dealkylation sites (tertiary alicyclic amines) is 1. The van der Waals surface area contributed by atoms with Crippen molar-refractivity contribution >= 4 is 39.7 Å². The van der Waals surface area contributed by atoms with E-state index in [9.17, 15) is 9.59 Å². The highest BCUT2D eigenvalue weighted by Gasteiger charge is 2.29. The average molecular weight is 476 g/mol. The number of carbonyl (C=O) groups excluding carboxylic acids is 2. The van der Waals surface area contributed by atoms with Crippen molar-refractivity contribution in [3.63, 3.8) is 0 Å². The molecule has 2 N–H and O–H groups in total. The van der Waals surface area contributed by atoms with Gasteiger partial charge in [0.1, 0.15) is 6.04 Å². The Morgan fingerprint density at radius 3 is 2.71 bits per heavy atom. The van der Waals surface area contributed by atoms with Gasteiger partial charge in [0.15, 0.2) is 0 Å². The number of fused-ring (bicyclic) bond motifs is 1. The smallest absolute Gasteiger partial charge is 0.251 e. The molecular weight excluding hydrogens is 442 g/mol. The molecule has 1 aliphatic carbocycles. The first-order valence-corrected chi connectivity index (χ1v) is 12.5. The van der Waals surface area contributed by atoms with Crippen LogP contribution in [0.3, 0.4) is 0 Å². The Bertz CT molecular complexity index is 1140. The molecule has 0 unspecified atom stereocenters. The van der Waals surface area contributed by atoms with Gasteiger partial charge in [0.2, 0.25) is 5.91 Å². The number of nitrogens with one attached hydrogen (secondary N) is 2. The van der Waals surface area contributed by atoms with Gasteiger partial charge in [-0.25, -0.2) is 0 Å². The minimum atomic E-state index is -0.563. The molecule has 2 aromatic carbocycles. The van der Waals surface area contributed by atoms with Crippen LogP contribution in [0, 0.1) is 5.92 Å². The number of hydrogen-bond donors (Lipinski definition) is 2. The summed E-state index contributed by atoms with van der Waals surface area (Å²) in [6.07, 6.45) is 8.57. The molecule has 2 aromatic rings. The van der Waals surface area contributed by atoms with Crippen LogP contribution >= 0.6 is 12.2 Å². The Kier molecular flexibility index (Phi) is 7.91. The summed E-state index contributed by atoms with van der Waals surface area (Å²) in [5, 5.41) is 8.27. The molecule has 1 saturated heterocycles. The summed E-state index contributed by atoms with van der Waals surface area (Å²) in [6.45, 7) is 6.67. The van der Waals surface area contributed by atoms with Crippen LogP contribution < -0.4 is 10.6 Å². The highest BCUT2D eigenvalue weighted by molar-refractivity contribution is 7.80. The molecule has 0 saturated carbocycles. The first-order chi connectivity index (χ1) is 16.4. The maximum absolute atomic E-state index is 13.2. The summed E-state index contributed by atoms with van der Waals surface area (Å²) in [5.41, 5.74) is 1.77. The lowest BCUT2D eigenvalue weighted by Gasteiger charge is -2.23. The van der Waals surface area contributed by atoms with Gasteiger partial charge in [-0.15, -0.1) is 0 Å². The van der Waals surface area contributed by atoms with E-state index in [0.29, 0.717) is 12.0 Å². The maximum Gasteiger partial charge on any atom is 0.251 e. The molecule has 2 atom stereocenters. The molecule has 1 aliphatic heterocycles. The minimum absolute atomic E-state index is 0.0769. The van der Waals surface area contributed by atoms with Crippen molar-refractivity contribution in [2.45, 2.75) is 45.2 Å². The summed E-state index contributed by atoms with van der Waals surface area (Å²) in [5.74, 6) is -0.0459. The number of thiocarbonyl (C=S) groups is 1. The van der Waals surface area contributed by atoms with E-state index in [1.165, 1.54) is 5.57 Å². The molecule has 2 amide bonds. The Morgan fingerprint density at radius 1 is 1.15 bits per heavy atom. The zero-order valence-corrected chi connectivity index (χ0v) is 20.7. The van der Waals surface area contributed by atoms with Gasteiger partial charge < -0.3 is 10.6 Å². The van der Waals surface area contributed by atoms with Gasteiger partial charge in [0.25, 0.3) is 5.91 Å². The van der Waals surface area contributed by atoms with Crippen molar-refractivity contribution < 1.29 is 9.59 Å². The summed E-state index contributed by atoms with van der Waals surface area (Å²) in [4.78, 5) is 29.5. The van der Waals surface area contributed by atoms with Crippen LogP contribution in [0.1, 0.15) is 43.5 Å². The van der Waals surface area contributed by atoms with Gasteiger partial charge in [-0.05, 0) is 47.2 Å². The number of allylic oxidation sites excluding steroid dienone is 3. The summed E-state index contributed by atoms with van der Waals surface area (Å²) >= 11 is 5.49. The highest BCUT2D eigenvalue weighted by atomic mass is 32.1. The minimum Gasteiger partial charge on any atom is -0.350 e. The van der Waals surface area contributed by atoms with Gasteiger partial charge in [0.05, 0.1) is 0 Å². The van der Waals surface area contributed by atoms with E-state index in [0.717, 1.165) is 48.1 Å². The predicted molar refractivity (Wildman–Crippen MR) is 142 cm³/mol. The molecule has 0 spiro atoms. The predicted octanol–water partition coefficient (Wildman–Crippen LogP) is 4.43. The fourth-order valence-corrected chi connectivity index (χ4v) is 4.86. The van der Waals surface area contributed by atoms with Crippen molar-refractivity contribution in [2.24, 2.45) is 5.92 Å². The summed E-state index contributed by atoms with van der Waals surface area (Å²) < 4.78 is 0. The molecule has 0 radical (unpaired) electrons. The molecule has 5 nitrogen and oxygen atoms in total. The van der Waals surface area contributed by atoms with E-state index in [1.807, 2.05) is 42.5 Å². The van der Waals surface area contributed by atoms with Crippen LogP contribution in [-0.4, -0.2) is 53.3 Å². The molecule has 2 aliphatic rings. The second-order valence-electron chi connectivity index (χ2n) is 9.69. The molecule has 0 bridgehead atoms. The van der Waals surface area contributed by atoms with Gasteiger partial charge in [-0.1, -0.05) is 74.6 Å². The van der Waals surface area contributed by atoms with E-state index in [2.05, 4.69) is 47.6 Å². The van der Waals surface area contributed by atoms with Gasteiger partial charge in [-0.2, -0.15) is 0 Å². The van der Waals surface area contributed by atoms with Crippen LogP contribution in [0.4, 0.5) is 0 Å². The first kappa shape index (κ1) is 24.3. The zero-order chi connectivity index (χ0) is 24.1. The molecular formula is C28H33N3O2S. The van der Waals surface area contributed by atoms with Crippen molar-refractivity contribution in [3.05, 3.63) is 71.8 Å². The van der Waals surface area contributed by atoms with Gasteiger partial charge in [0, 0.05) is 42.5 Å². The second kappa shape index (κ2) is 11.1. The number of nitrogens with zero attached hydrogens (tertiary/aromatic N) is 1. The quantitative estimate of drug-likeness (QED) is 0.555. The lowest BCUT2D eigenvalue weighted by Crippen LogP contribution is -2.50. The third-order valence-electron chi connectivity index (χ3n) is 6.45. The molecule has 4 rings (SSSR count). The third-order valence-corrected chi connectivity index (χ3v) is 6.88. The number of amides is 2. The Labute approximate surface area is 207 Å². The molecule has 6 heteroatoms. The van der Waals surface area contributed by atoms with E-state index in [-0.39, 0.29) is 23.8 Å². The van der Waals surface area contributed by atoms with Crippen molar-refractivity contribution in [1.82, 2.24) is 15.5 Å². The van der Waals surface area contributed by atoms with Crippen molar-refractivity contribution in [3.8, 4) is 0 Å². The topological polar surface area (TPSA) is 61.4 Å². The maximum atomic E-state index is 13.2. The standard InChI is InChI=1S/C28H33N3O2S/c1-19(2)15-25(30-27(32)22-12-11-20-7-3-4-8-21(20)16-22)28(33)29-24-13-14-31(18-24)17-23-9-5-6-10-26(23)34/h3-9,11-12,16,19,24-25H,10,13-15,17-18H2,1-2H3,(H,29,33)(H,30,32)/t24-,25-/m0/s1. The fraction of sp³-hybridized carbons (Fsp3) is 0.393. The van der Waals surface area contributed by atoms with Crippen LogP contribution in [0.5, 0.6) is 0 Å². The summed E-state index contributed by atoms with van der Waals surface area (Å²) in [6, 6.07) is 13.1. The number of carbonyl (C=O) groups is 2. The van der Waals surface area contributed by atoms with Gasteiger partial charge in [-0.3, -0.25) is 14.5 Å². The zero-order valence-electron chi connectivity index (χ0n) is 19.9. The second-order valence-corrected chi connectivity index (χ2v) is 10.2. The molecule has 34 heavy (non-hydrogen) atoms. The van der Waals surface area contributed by atoms with Crippen LogP contribution in [-0.2, 0) is 4.79 Å². The Balaban J connectivity index is 1.36. The summed E-state index contributed by atoms with van der Waals surface area (Å²) in [7, 11) is 0. The molecule has 1 fully saturated rings. The number of rotatable bonds is 8. The van der Waals surface area contributed by atoms with E-state index >= 15 is 0 Å². The number of hydrogen-bond acceptors (Lipinski definition) is 4. The lowest BCUT2D eigenvalue weighted by atomic mass is 10.0. The van der Waals surface area contributed by atoms with Crippen LogP contribution in [0.25, 0.3) is 10.8 Å². The fourth-order valence-electron chi connectivity index (χ4n) is 4.64. The van der Waals surface area contributed by atoms with Crippen molar-refractivity contribution in [2.75, 3.05) is 19.6 Å². The lowest BCUT2D eigenvalue weighted by molar-refractivity contribution is -0.124. The molecule has 178 valence electrons. The Hall–Kier alpha value is -2.83.